The van der Waals surface area contributed by atoms with E-state index in [0.717, 1.165) is 0 Å². The molecule has 0 aliphatic heterocycles. The van der Waals surface area contributed by atoms with Crippen molar-refractivity contribution in [3.05, 3.63) is 33.9 Å². The first-order valence-corrected chi connectivity index (χ1v) is 6.23. The summed E-state index contributed by atoms with van der Waals surface area (Å²) in [7, 11) is 1.55. The number of benzene rings is 1. The van der Waals surface area contributed by atoms with Crippen LogP contribution < -0.4 is 16.4 Å². The molecule has 0 unspecified atom stereocenters. The fourth-order valence-corrected chi connectivity index (χ4v) is 1.89. The Morgan fingerprint density at radius 1 is 1.38 bits per heavy atom. The van der Waals surface area contributed by atoms with E-state index in [9.17, 15) is 19.7 Å². The molecule has 0 spiro atoms. The summed E-state index contributed by atoms with van der Waals surface area (Å²) in [6, 6.07) is 4.10. The lowest BCUT2D eigenvalue weighted by molar-refractivity contribution is -0.384. The number of carbonyl (C=O) groups is 2. The van der Waals surface area contributed by atoms with Gasteiger partial charge in [0.1, 0.15) is 5.69 Å². The summed E-state index contributed by atoms with van der Waals surface area (Å²) in [5.41, 5.74) is 4.53. The molecule has 0 aliphatic rings. The molecule has 0 heterocycles. The number of nitro groups is 1. The number of nitro benzene ring substituents is 1. The molecule has 1 aromatic rings. The standard InChI is InChI=1S/C13H18N4O4/c1-13(2,7-11(14)18)16-12(19)8-4-5-9(15-3)10(6-8)17(20)21/h4-6,15H,7H2,1-3H3,(H2,14,18)(H,16,19). The van der Waals surface area contributed by atoms with Crippen molar-refractivity contribution in [1.82, 2.24) is 5.32 Å². The van der Waals surface area contributed by atoms with E-state index in [0.29, 0.717) is 5.69 Å². The first-order chi connectivity index (χ1) is 9.66. The lowest BCUT2D eigenvalue weighted by Gasteiger charge is -2.24. The number of amides is 2. The summed E-state index contributed by atoms with van der Waals surface area (Å²) < 4.78 is 0. The number of nitrogens with two attached hydrogens (primary N) is 1. The molecule has 0 aliphatic carbocycles. The molecule has 4 N–H and O–H groups in total. The van der Waals surface area contributed by atoms with E-state index in [1.807, 2.05) is 0 Å². The molecule has 1 aromatic carbocycles. The Balaban J connectivity index is 3.01. The van der Waals surface area contributed by atoms with Crippen LogP contribution in [0.5, 0.6) is 0 Å². The molecule has 21 heavy (non-hydrogen) atoms. The van der Waals surface area contributed by atoms with Gasteiger partial charge in [0.2, 0.25) is 5.91 Å². The van der Waals surface area contributed by atoms with Crippen LogP contribution in [0.1, 0.15) is 30.6 Å². The fraction of sp³-hybridized carbons (Fsp3) is 0.385. The van der Waals surface area contributed by atoms with Gasteiger partial charge in [-0.2, -0.15) is 0 Å². The third kappa shape index (κ3) is 4.44. The lowest BCUT2D eigenvalue weighted by Crippen LogP contribution is -2.46. The van der Waals surface area contributed by atoms with Gasteiger partial charge in [0.05, 0.1) is 4.92 Å². The second-order valence-corrected chi connectivity index (χ2v) is 5.22. The number of hydrogen-bond acceptors (Lipinski definition) is 5. The summed E-state index contributed by atoms with van der Waals surface area (Å²) >= 11 is 0. The summed E-state index contributed by atoms with van der Waals surface area (Å²) in [5, 5.41) is 16.3. The van der Waals surface area contributed by atoms with Crippen molar-refractivity contribution in [2.45, 2.75) is 25.8 Å². The fourth-order valence-electron chi connectivity index (χ4n) is 1.89. The van der Waals surface area contributed by atoms with Crippen LogP contribution in [-0.2, 0) is 4.79 Å². The zero-order valence-electron chi connectivity index (χ0n) is 12.1. The van der Waals surface area contributed by atoms with Crippen molar-refractivity contribution in [3.63, 3.8) is 0 Å². The Morgan fingerprint density at radius 3 is 2.48 bits per heavy atom. The zero-order valence-corrected chi connectivity index (χ0v) is 12.1. The largest absolute Gasteiger partial charge is 0.383 e. The second kappa shape index (κ2) is 6.21. The van der Waals surface area contributed by atoms with Gasteiger partial charge in [-0.25, -0.2) is 0 Å². The van der Waals surface area contributed by atoms with Gasteiger partial charge in [0.15, 0.2) is 0 Å². The average molecular weight is 294 g/mol. The van der Waals surface area contributed by atoms with Crippen LogP contribution in [0.15, 0.2) is 18.2 Å². The molecule has 0 bridgehead atoms. The predicted octanol–water partition coefficient (Wildman–Crippen LogP) is 1.02. The minimum absolute atomic E-state index is 0.0323. The van der Waals surface area contributed by atoms with Gasteiger partial charge in [0, 0.05) is 30.6 Å². The van der Waals surface area contributed by atoms with Crippen molar-refractivity contribution in [3.8, 4) is 0 Å². The Morgan fingerprint density at radius 2 is 2.00 bits per heavy atom. The van der Waals surface area contributed by atoms with Crippen molar-refractivity contribution in [2.24, 2.45) is 5.73 Å². The summed E-state index contributed by atoms with van der Waals surface area (Å²) in [5.74, 6) is -1.05. The third-order valence-electron chi connectivity index (χ3n) is 2.79. The lowest BCUT2D eigenvalue weighted by atomic mass is 9.99. The quantitative estimate of drug-likeness (QED) is 0.533. The van der Waals surface area contributed by atoms with Gasteiger partial charge in [-0.15, -0.1) is 0 Å². The van der Waals surface area contributed by atoms with Gasteiger partial charge in [0.25, 0.3) is 11.6 Å². The summed E-state index contributed by atoms with van der Waals surface area (Å²) in [4.78, 5) is 33.4. The van der Waals surface area contributed by atoms with Gasteiger partial charge >= 0.3 is 0 Å². The molecule has 8 nitrogen and oxygen atoms in total. The Bertz CT molecular complexity index is 584. The van der Waals surface area contributed by atoms with Crippen LogP contribution in [0, 0.1) is 10.1 Å². The minimum Gasteiger partial charge on any atom is -0.383 e. The van der Waals surface area contributed by atoms with Crippen molar-refractivity contribution in [2.75, 3.05) is 12.4 Å². The third-order valence-corrected chi connectivity index (χ3v) is 2.79. The highest BCUT2D eigenvalue weighted by atomic mass is 16.6. The number of primary amides is 1. The van der Waals surface area contributed by atoms with E-state index in [1.54, 1.807) is 20.9 Å². The Hall–Kier alpha value is -2.64. The van der Waals surface area contributed by atoms with Crippen LogP contribution in [0.2, 0.25) is 0 Å². The molecule has 1 rings (SSSR count). The van der Waals surface area contributed by atoms with Crippen molar-refractivity contribution in [1.29, 1.82) is 0 Å². The first-order valence-electron chi connectivity index (χ1n) is 6.23. The number of hydrogen-bond donors (Lipinski definition) is 3. The van der Waals surface area contributed by atoms with E-state index >= 15 is 0 Å². The highest BCUT2D eigenvalue weighted by molar-refractivity contribution is 5.96. The maximum atomic E-state index is 12.1. The van der Waals surface area contributed by atoms with Crippen molar-refractivity contribution >= 4 is 23.2 Å². The topological polar surface area (TPSA) is 127 Å². The minimum atomic E-state index is -0.834. The number of carbonyl (C=O) groups excluding carboxylic acids is 2. The van der Waals surface area contributed by atoms with Crippen LogP contribution in [0.25, 0.3) is 0 Å². The maximum absolute atomic E-state index is 12.1. The predicted molar refractivity (Wildman–Crippen MR) is 78.0 cm³/mol. The average Bonchev–Trinajstić information content (AvgIpc) is 2.35. The van der Waals surface area contributed by atoms with E-state index < -0.39 is 22.3 Å². The summed E-state index contributed by atoms with van der Waals surface area (Å²) in [6.45, 7) is 3.29. The number of anilines is 1. The number of nitrogens with one attached hydrogen (secondary N) is 2. The monoisotopic (exact) mass is 294 g/mol. The number of rotatable bonds is 6. The molecule has 114 valence electrons. The highest BCUT2D eigenvalue weighted by Gasteiger charge is 2.25. The molecule has 0 saturated heterocycles. The maximum Gasteiger partial charge on any atom is 0.293 e. The van der Waals surface area contributed by atoms with Crippen LogP contribution >= 0.6 is 0 Å². The van der Waals surface area contributed by atoms with Gasteiger partial charge < -0.3 is 16.4 Å². The summed E-state index contributed by atoms with van der Waals surface area (Å²) in [6.07, 6.45) is -0.0323. The van der Waals surface area contributed by atoms with E-state index in [1.165, 1.54) is 18.2 Å². The van der Waals surface area contributed by atoms with E-state index in [-0.39, 0.29) is 17.7 Å². The molecule has 8 heteroatoms. The molecule has 0 aromatic heterocycles. The van der Waals surface area contributed by atoms with Gasteiger partial charge in [-0.3, -0.25) is 19.7 Å². The Kier molecular flexibility index (Phi) is 4.85. The molecule has 0 atom stereocenters. The molecule has 0 fully saturated rings. The smallest absolute Gasteiger partial charge is 0.293 e. The SMILES string of the molecule is CNc1ccc(C(=O)NC(C)(C)CC(N)=O)cc1[N+](=O)[O-]. The normalized spacial score (nSPS) is 10.8. The molecule has 0 saturated carbocycles. The van der Waals surface area contributed by atoms with E-state index in [2.05, 4.69) is 10.6 Å². The zero-order chi connectivity index (χ0) is 16.2. The first kappa shape index (κ1) is 16.4. The molecular weight excluding hydrogens is 276 g/mol. The Labute approximate surface area is 121 Å². The number of nitrogens with zero attached hydrogens (tertiary/aromatic N) is 1. The molecule has 0 radical (unpaired) electrons. The van der Waals surface area contributed by atoms with Gasteiger partial charge in [-0.05, 0) is 26.0 Å². The molecular formula is C13H18N4O4. The van der Waals surface area contributed by atoms with Gasteiger partial charge in [-0.1, -0.05) is 0 Å². The van der Waals surface area contributed by atoms with Crippen molar-refractivity contribution < 1.29 is 14.5 Å². The second-order valence-electron chi connectivity index (χ2n) is 5.22. The van der Waals surface area contributed by atoms with Crippen LogP contribution in [0.4, 0.5) is 11.4 Å². The van der Waals surface area contributed by atoms with Crippen LogP contribution in [-0.4, -0.2) is 29.3 Å². The van der Waals surface area contributed by atoms with Crippen LogP contribution in [0.3, 0.4) is 0 Å². The van der Waals surface area contributed by atoms with E-state index in [4.69, 9.17) is 5.73 Å². The highest BCUT2D eigenvalue weighted by Crippen LogP contribution is 2.25. The molecule has 2 amide bonds.